The summed E-state index contributed by atoms with van der Waals surface area (Å²) in [7, 11) is -3.42. The van der Waals surface area contributed by atoms with Gasteiger partial charge in [0.2, 0.25) is 10.0 Å². The van der Waals surface area contributed by atoms with E-state index < -0.39 is 22.0 Å². The molecule has 0 amide bonds. The lowest BCUT2D eigenvalue weighted by Crippen LogP contribution is -2.33. The Morgan fingerprint density at radius 1 is 0.837 bits per heavy atom. The van der Waals surface area contributed by atoms with E-state index in [9.17, 15) is 18.0 Å². The van der Waals surface area contributed by atoms with Gasteiger partial charge in [-0.05, 0) is 104 Å². The van der Waals surface area contributed by atoms with Crippen LogP contribution in [0.5, 0.6) is 17.2 Å². The zero-order valence-corrected chi connectivity index (χ0v) is 28.7. The first-order valence-electron chi connectivity index (χ1n) is 16.5. The molecule has 0 aromatic heterocycles. The van der Waals surface area contributed by atoms with Crippen LogP contribution in [-0.4, -0.2) is 45.8 Å². The fraction of sp³-hybridized carbons (Fsp3) is 0.316. The molecular weight excluding hydrogens is 642 g/mol. The van der Waals surface area contributed by atoms with Gasteiger partial charge in [0.15, 0.2) is 0 Å². The molecule has 0 aliphatic carbocycles. The van der Waals surface area contributed by atoms with Crippen molar-refractivity contribution in [2.45, 2.75) is 58.2 Å². The van der Waals surface area contributed by atoms with Gasteiger partial charge >= 0.3 is 11.9 Å². The molecule has 10 nitrogen and oxygen atoms in total. The lowest BCUT2D eigenvalue weighted by atomic mass is 10.1. The molecule has 1 aliphatic rings. The third-order valence-electron chi connectivity index (χ3n) is 8.12. The van der Waals surface area contributed by atoms with Crippen LogP contribution in [-0.2, 0) is 37.4 Å². The predicted molar refractivity (Wildman–Crippen MR) is 190 cm³/mol. The van der Waals surface area contributed by atoms with Crippen LogP contribution in [0, 0.1) is 6.92 Å². The molecule has 1 aliphatic heterocycles. The summed E-state index contributed by atoms with van der Waals surface area (Å²) in [6, 6.07) is 30.7. The van der Waals surface area contributed by atoms with Crippen LogP contribution in [0.25, 0.3) is 0 Å². The fourth-order valence-corrected chi connectivity index (χ4v) is 6.23. The number of hydrogen-bond acceptors (Lipinski definition) is 9. The van der Waals surface area contributed by atoms with Crippen LogP contribution >= 0.6 is 0 Å². The van der Waals surface area contributed by atoms with Crippen LogP contribution in [0.2, 0.25) is 0 Å². The molecule has 2 N–H and O–H groups in total. The third-order valence-corrected chi connectivity index (χ3v) is 8.71. The Morgan fingerprint density at radius 2 is 1.49 bits per heavy atom. The van der Waals surface area contributed by atoms with Crippen molar-refractivity contribution in [1.29, 1.82) is 0 Å². The molecule has 0 unspecified atom stereocenters. The maximum Gasteiger partial charge on any atom is 0.330 e. The average Bonchev–Trinajstić information content (AvgIpc) is 3.63. The number of nitrogens with one attached hydrogen (secondary N) is 2. The Kier molecular flexibility index (Phi) is 12.3. The number of anilines is 2. The molecule has 0 saturated carbocycles. The van der Waals surface area contributed by atoms with Gasteiger partial charge in [-0.1, -0.05) is 48.5 Å². The molecule has 1 saturated heterocycles. The van der Waals surface area contributed by atoms with Gasteiger partial charge in [-0.3, -0.25) is 9.52 Å². The quantitative estimate of drug-likeness (QED) is 0.0750. The smallest absolute Gasteiger partial charge is 0.330 e. The van der Waals surface area contributed by atoms with Gasteiger partial charge in [0.05, 0.1) is 18.6 Å². The highest BCUT2D eigenvalue weighted by atomic mass is 32.2. The predicted octanol–water partition coefficient (Wildman–Crippen LogP) is 6.74. The maximum atomic E-state index is 12.0. The van der Waals surface area contributed by atoms with Crippen LogP contribution in [0.3, 0.4) is 0 Å². The second-order valence-electron chi connectivity index (χ2n) is 12.1. The summed E-state index contributed by atoms with van der Waals surface area (Å²) in [5.74, 6) is 1.07. The van der Waals surface area contributed by atoms with Gasteiger partial charge in [-0.25, -0.2) is 13.2 Å². The molecule has 1 heterocycles. The Labute approximate surface area is 288 Å². The van der Waals surface area contributed by atoms with Crippen molar-refractivity contribution in [3.63, 3.8) is 0 Å². The molecule has 258 valence electrons. The second kappa shape index (κ2) is 17.0. The number of sulfonamides is 1. The normalized spacial score (nSPS) is 14.2. The second-order valence-corrected chi connectivity index (χ2v) is 13.9. The molecule has 49 heavy (non-hydrogen) atoms. The van der Waals surface area contributed by atoms with Crippen molar-refractivity contribution in [2.24, 2.45) is 0 Å². The van der Waals surface area contributed by atoms with E-state index in [-0.39, 0.29) is 12.5 Å². The van der Waals surface area contributed by atoms with Crippen molar-refractivity contribution < 1.29 is 32.2 Å². The van der Waals surface area contributed by atoms with Crippen LogP contribution in [0.15, 0.2) is 97.1 Å². The van der Waals surface area contributed by atoms with E-state index in [1.807, 2.05) is 85.8 Å². The summed E-state index contributed by atoms with van der Waals surface area (Å²) in [5, 5.41) is 3.03. The van der Waals surface area contributed by atoms with E-state index in [1.165, 1.54) is 0 Å². The van der Waals surface area contributed by atoms with E-state index in [1.54, 1.807) is 6.07 Å². The number of unbranched alkanes of at least 4 members (excludes halogenated alkanes) is 1. The lowest BCUT2D eigenvalue weighted by molar-refractivity contribution is -0.161. The monoisotopic (exact) mass is 685 g/mol. The highest BCUT2D eigenvalue weighted by Gasteiger charge is 2.25. The minimum Gasteiger partial charge on any atom is -0.494 e. The number of benzene rings is 4. The zero-order valence-electron chi connectivity index (χ0n) is 27.9. The average molecular weight is 686 g/mol. The largest absolute Gasteiger partial charge is 0.494 e. The van der Waals surface area contributed by atoms with Crippen LogP contribution in [0.4, 0.5) is 11.4 Å². The van der Waals surface area contributed by atoms with E-state index in [4.69, 9.17) is 14.2 Å². The van der Waals surface area contributed by atoms with Crippen molar-refractivity contribution >= 4 is 33.3 Å². The van der Waals surface area contributed by atoms with Crippen molar-refractivity contribution in [2.75, 3.05) is 29.0 Å². The molecule has 0 radical (unpaired) electrons. The van der Waals surface area contributed by atoms with E-state index >= 15 is 0 Å². The topological polar surface area (TPSA) is 123 Å². The zero-order chi connectivity index (χ0) is 34.6. The molecular formula is C38H43N3O7S. The van der Waals surface area contributed by atoms with Gasteiger partial charge in [0, 0.05) is 25.2 Å². The summed E-state index contributed by atoms with van der Waals surface area (Å²) in [6.07, 6.45) is 4.17. The lowest BCUT2D eigenvalue weighted by Gasteiger charge is -2.28. The molecule has 4 aromatic rings. The summed E-state index contributed by atoms with van der Waals surface area (Å²) in [4.78, 5) is 26.1. The summed E-state index contributed by atoms with van der Waals surface area (Å²) in [6.45, 7) is 4.37. The minimum absolute atomic E-state index is 0.175. The van der Waals surface area contributed by atoms with Crippen molar-refractivity contribution in [3.05, 3.63) is 114 Å². The molecule has 1 fully saturated rings. The fourth-order valence-electron chi connectivity index (χ4n) is 5.61. The van der Waals surface area contributed by atoms with Gasteiger partial charge in [0.1, 0.15) is 23.3 Å². The van der Waals surface area contributed by atoms with Crippen LogP contribution < -0.4 is 24.4 Å². The number of nitrogens with zero attached hydrogens (tertiary/aromatic N) is 1. The van der Waals surface area contributed by atoms with Gasteiger partial charge in [-0.2, -0.15) is 0 Å². The highest BCUT2D eigenvalue weighted by molar-refractivity contribution is 7.92. The molecule has 1 atom stereocenters. The molecule has 4 aromatic carbocycles. The summed E-state index contributed by atoms with van der Waals surface area (Å²) in [5.41, 5.74) is 4.55. The van der Waals surface area contributed by atoms with Gasteiger partial charge < -0.3 is 24.4 Å². The number of carbonyl (C=O) groups is 2. The minimum atomic E-state index is -3.42. The van der Waals surface area contributed by atoms with Crippen molar-refractivity contribution in [1.82, 2.24) is 5.32 Å². The first kappa shape index (κ1) is 35.4. The first-order valence-corrected chi connectivity index (χ1v) is 18.4. The number of rotatable bonds is 16. The molecule has 0 bridgehead atoms. The maximum absolute atomic E-state index is 12.0. The Bertz CT molecular complexity index is 1790. The molecule has 11 heteroatoms. The standard InChI is InChI=1S/C38H43N3O7S/c1-28-34(40-49(2,44)45)12-8-14-36(28)41(26-29-10-4-3-5-11-29)27-30-16-18-32(19-17-30)47-33-22-20-31(21-23-33)46-25-7-6-15-37(42)48-38(43)35-13-9-24-39-35/h3-5,8,10-12,14,16-23,35,39-40H,6-7,9,13,15,24-27H2,1-2H3/t35-/m0/s1. The summed E-state index contributed by atoms with van der Waals surface area (Å²) < 4.78 is 43.4. The third kappa shape index (κ3) is 11.1. The molecule has 0 spiro atoms. The van der Waals surface area contributed by atoms with E-state index in [2.05, 4.69) is 27.1 Å². The Morgan fingerprint density at radius 3 is 2.14 bits per heavy atom. The number of carbonyl (C=O) groups excluding carboxylic acids is 2. The first-order chi connectivity index (χ1) is 23.6. The van der Waals surface area contributed by atoms with Crippen molar-refractivity contribution in [3.8, 4) is 17.2 Å². The van der Waals surface area contributed by atoms with Gasteiger partial charge in [-0.15, -0.1) is 0 Å². The Hall–Kier alpha value is -4.87. The summed E-state index contributed by atoms with van der Waals surface area (Å²) >= 11 is 0. The number of esters is 2. The van der Waals surface area contributed by atoms with E-state index in [0.717, 1.165) is 41.6 Å². The van der Waals surface area contributed by atoms with Gasteiger partial charge in [0.25, 0.3) is 0 Å². The Balaban J connectivity index is 1.12. The molecule has 5 rings (SSSR count). The van der Waals surface area contributed by atoms with Crippen LogP contribution in [0.1, 0.15) is 48.8 Å². The SMILES string of the molecule is Cc1c(NS(C)(=O)=O)cccc1N(Cc1ccccc1)Cc1ccc(Oc2ccc(OCCCCC(=O)OC(=O)[C@@H]3CCCN3)cc2)cc1. The highest BCUT2D eigenvalue weighted by Crippen LogP contribution is 2.31. The number of hydrogen-bond donors (Lipinski definition) is 2. The number of ether oxygens (including phenoxy) is 3. The van der Waals surface area contributed by atoms with E-state index in [0.29, 0.717) is 61.9 Å².